The van der Waals surface area contributed by atoms with E-state index in [2.05, 4.69) is 4.98 Å². The molecule has 2 N–H and O–H groups in total. The predicted octanol–water partition coefficient (Wildman–Crippen LogP) is 2.45. The Hall–Kier alpha value is -2.03. The normalized spacial score (nSPS) is 11.6. The van der Waals surface area contributed by atoms with Crippen molar-refractivity contribution in [3.05, 3.63) is 35.2 Å². The van der Waals surface area contributed by atoms with Crippen LogP contribution in [0.3, 0.4) is 0 Å². The Bertz CT molecular complexity index is 595. The molecule has 2 aromatic heterocycles. The van der Waals surface area contributed by atoms with Crippen LogP contribution in [0, 0.1) is 0 Å². The summed E-state index contributed by atoms with van der Waals surface area (Å²) in [6.45, 7) is -1.59. The number of rotatable bonds is 5. The molecule has 0 aliphatic heterocycles. The summed E-state index contributed by atoms with van der Waals surface area (Å²) >= 11 is 1.13. The maximum Gasteiger partial charge on any atom is 0.406 e. The lowest BCUT2D eigenvalue weighted by Crippen LogP contribution is -2.39. The first kappa shape index (κ1) is 15.4. The molecule has 5 nitrogen and oxygen atoms in total. The van der Waals surface area contributed by atoms with E-state index >= 15 is 0 Å². The number of carbonyl (C=O) groups is 1. The monoisotopic (exact) mass is 319 g/mol. The molecule has 0 aromatic carbocycles. The van der Waals surface area contributed by atoms with Crippen LogP contribution in [0.2, 0.25) is 0 Å². The number of nitrogen functional groups attached to an aromatic ring is 1. The number of alkyl halides is 3. The minimum atomic E-state index is -4.48. The van der Waals surface area contributed by atoms with Crippen LogP contribution < -0.4 is 5.73 Å². The Morgan fingerprint density at radius 2 is 2.24 bits per heavy atom. The van der Waals surface area contributed by atoms with Gasteiger partial charge in [0.25, 0.3) is 0 Å². The lowest BCUT2D eigenvalue weighted by atomic mass is 10.2. The van der Waals surface area contributed by atoms with Gasteiger partial charge in [-0.2, -0.15) is 13.2 Å². The first-order valence-corrected chi connectivity index (χ1v) is 6.78. The van der Waals surface area contributed by atoms with Crippen molar-refractivity contribution < 1.29 is 22.4 Å². The summed E-state index contributed by atoms with van der Waals surface area (Å²) in [4.78, 5) is 16.6. The SMILES string of the molecule is Nc1nc(CC(=O)N(Cc2ccco2)CC(F)(F)F)cs1. The van der Waals surface area contributed by atoms with E-state index in [9.17, 15) is 18.0 Å². The van der Waals surface area contributed by atoms with E-state index in [0.29, 0.717) is 10.6 Å². The van der Waals surface area contributed by atoms with Gasteiger partial charge in [-0.15, -0.1) is 11.3 Å². The molecule has 21 heavy (non-hydrogen) atoms. The van der Waals surface area contributed by atoms with Gasteiger partial charge in [0.2, 0.25) is 5.91 Å². The zero-order valence-corrected chi connectivity index (χ0v) is 11.6. The minimum absolute atomic E-state index is 0.232. The Balaban J connectivity index is 2.08. The molecule has 1 amide bonds. The van der Waals surface area contributed by atoms with E-state index in [1.807, 2.05) is 0 Å². The molecule has 0 saturated heterocycles. The summed E-state index contributed by atoms with van der Waals surface area (Å²) in [6.07, 6.45) is -3.37. The molecule has 2 aromatic rings. The largest absolute Gasteiger partial charge is 0.467 e. The van der Waals surface area contributed by atoms with Gasteiger partial charge in [0.15, 0.2) is 5.13 Å². The lowest BCUT2D eigenvalue weighted by Gasteiger charge is -2.22. The average molecular weight is 319 g/mol. The highest BCUT2D eigenvalue weighted by molar-refractivity contribution is 7.13. The standard InChI is InChI=1S/C12H12F3N3O2S/c13-12(14,15)7-18(5-9-2-1-3-20-9)10(19)4-8-6-21-11(16)17-8/h1-3,6H,4-5,7H2,(H2,16,17). The molecular formula is C12H12F3N3O2S. The summed E-state index contributed by atoms with van der Waals surface area (Å²) in [7, 11) is 0. The zero-order chi connectivity index (χ0) is 15.5. The molecule has 9 heteroatoms. The van der Waals surface area contributed by atoms with Crippen molar-refractivity contribution >= 4 is 22.4 Å². The van der Waals surface area contributed by atoms with Gasteiger partial charge in [0.1, 0.15) is 12.3 Å². The molecule has 0 aliphatic rings. The molecule has 0 spiro atoms. The van der Waals surface area contributed by atoms with Gasteiger partial charge in [0, 0.05) is 5.38 Å². The number of aromatic nitrogens is 1. The Kier molecular flexibility index (Phi) is 4.51. The molecule has 0 saturated carbocycles. The van der Waals surface area contributed by atoms with E-state index in [-0.39, 0.29) is 23.9 Å². The molecule has 2 heterocycles. The summed E-state index contributed by atoms with van der Waals surface area (Å²) < 4.78 is 42.7. The zero-order valence-electron chi connectivity index (χ0n) is 10.8. The van der Waals surface area contributed by atoms with Gasteiger partial charge in [-0.1, -0.05) is 0 Å². The highest BCUT2D eigenvalue weighted by Gasteiger charge is 2.33. The van der Waals surface area contributed by atoms with Crippen LogP contribution in [-0.4, -0.2) is 28.5 Å². The van der Waals surface area contributed by atoms with Gasteiger partial charge < -0.3 is 15.1 Å². The molecule has 0 bridgehead atoms. The fourth-order valence-electron chi connectivity index (χ4n) is 1.71. The number of halogens is 3. The minimum Gasteiger partial charge on any atom is -0.467 e. The van der Waals surface area contributed by atoms with E-state index < -0.39 is 18.6 Å². The molecule has 2 rings (SSSR count). The number of hydrogen-bond donors (Lipinski definition) is 1. The Morgan fingerprint density at radius 3 is 2.76 bits per heavy atom. The van der Waals surface area contributed by atoms with E-state index in [4.69, 9.17) is 10.2 Å². The molecule has 0 radical (unpaired) electrons. The van der Waals surface area contributed by atoms with Crippen molar-refractivity contribution in [2.24, 2.45) is 0 Å². The number of hydrogen-bond acceptors (Lipinski definition) is 5. The van der Waals surface area contributed by atoms with Crippen LogP contribution in [0.1, 0.15) is 11.5 Å². The number of nitrogens with two attached hydrogens (primary N) is 1. The molecule has 0 aliphatic carbocycles. The summed E-state index contributed by atoms with van der Waals surface area (Å²) in [5.41, 5.74) is 5.79. The van der Waals surface area contributed by atoms with Crippen molar-refractivity contribution in [3.63, 3.8) is 0 Å². The van der Waals surface area contributed by atoms with Gasteiger partial charge in [-0.3, -0.25) is 4.79 Å². The molecular weight excluding hydrogens is 307 g/mol. The van der Waals surface area contributed by atoms with Gasteiger partial charge in [-0.05, 0) is 12.1 Å². The Morgan fingerprint density at radius 1 is 1.48 bits per heavy atom. The molecule has 0 fully saturated rings. The van der Waals surface area contributed by atoms with E-state index in [1.165, 1.54) is 12.3 Å². The smallest absolute Gasteiger partial charge is 0.406 e. The van der Waals surface area contributed by atoms with Crippen LogP contribution >= 0.6 is 11.3 Å². The quantitative estimate of drug-likeness (QED) is 0.919. The van der Waals surface area contributed by atoms with Crippen molar-refractivity contribution in [3.8, 4) is 0 Å². The number of carbonyl (C=O) groups excluding carboxylic acids is 1. The maximum atomic E-state index is 12.6. The van der Waals surface area contributed by atoms with Crippen LogP contribution in [0.25, 0.3) is 0 Å². The Labute approximate surface area is 122 Å². The fourth-order valence-corrected chi connectivity index (χ4v) is 2.27. The number of amides is 1. The second-order valence-corrected chi connectivity index (χ2v) is 5.19. The highest BCUT2D eigenvalue weighted by Crippen LogP contribution is 2.20. The van der Waals surface area contributed by atoms with Crippen LogP contribution in [0.5, 0.6) is 0 Å². The van der Waals surface area contributed by atoms with Crippen LogP contribution in [-0.2, 0) is 17.8 Å². The maximum absolute atomic E-state index is 12.6. The highest BCUT2D eigenvalue weighted by atomic mass is 32.1. The van der Waals surface area contributed by atoms with Crippen LogP contribution in [0.4, 0.5) is 18.3 Å². The second kappa shape index (κ2) is 6.17. The topological polar surface area (TPSA) is 72.4 Å². The fraction of sp³-hybridized carbons (Fsp3) is 0.333. The predicted molar refractivity (Wildman–Crippen MR) is 70.4 cm³/mol. The summed E-state index contributed by atoms with van der Waals surface area (Å²) in [6, 6.07) is 3.06. The summed E-state index contributed by atoms with van der Waals surface area (Å²) in [5.74, 6) is -0.403. The molecule has 0 unspecified atom stereocenters. The van der Waals surface area contributed by atoms with Crippen molar-refractivity contribution in [2.45, 2.75) is 19.1 Å². The first-order valence-electron chi connectivity index (χ1n) is 5.90. The van der Waals surface area contributed by atoms with E-state index in [0.717, 1.165) is 11.3 Å². The molecule has 0 atom stereocenters. The lowest BCUT2D eigenvalue weighted by molar-refractivity contribution is -0.162. The third-order valence-corrected chi connectivity index (χ3v) is 3.27. The van der Waals surface area contributed by atoms with Gasteiger partial charge in [0.05, 0.1) is 24.9 Å². The van der Waals surface area contributed by atoms with Gasteiger partial charge >= 0.3 is 6.18 Å². The van der Waals surface area contributed by atoms with Crippen molar-refractivity contribution in [2.75, 3.05) is 12.3 Å². The molecule has 114 valence electrons. The number of nitrogens with zero attached hydrogens (tertiary/aromatic N) is 2. The summed E-state index contributed by atoms with van der Waals surface area (Å²) in [5, 5.41) is 1.82. The van der Waals surface area contributed by atoms with Crippen molar-refractivity contribution in [1.29, 1.82) is 0 Å². The number of furan rings is 1. The van der Waals surface area contributed by atoms with E-state index in [1.54, 1.807) is 11.4 Å². The number of anilines is 1. The van der Waals surface area contributed by atoms with Gasteiger partial charge in [-0.25, -0.2) is 4.98 Å². The van der Waals surface area contributed by atoms with Crippen molar-refractivity contribution in [1.82, 2.24) is 9.88 Å². The number of thiazole rings is 1. The van der Waals surface area contributed by atoms with Crippen LogP contribution in [0.15, 0.2) is 28.2 Å². The first-order chi connectivity index (χ1) is 9.83. The third kappa shape index (κ3) is 4.78. The average Bonchev–Trinajstić information content (AvgIpc) is 2.98. The third-order valence-electron chi connectivity index (χ3n) is 2.55. The second-order valence-electron chi connectivity index (χ2n) is 4.30.